The summed E-state index contributed by atoms with van der Waals surface area (Å²) in [5.41, 5.74) is 14.0. The van der Waals surface area contributed by atoms with Gasteiger partial charge >= 0.3 is 5.97 Å². The van der Waals surface area contributed by atoms with E-state index in [0.29, 0.717) is 22.3 Å². The van der Waals surface area contributed by atoms with Gasteiger partial charge in [-0.05, 0) is 47.0 Å². The van der Waals surface area contributed by atoms with E-state index in [1.54, 1.807) is 30.3 Å². The summed E-state index contributed by atoms with van der Waals surface area (Å²) in [6, 6.07) is 14.1. The standard InChI is InChI=1S/C19H16N2O4/c20-14-6-4-10(9-17(14)23)12-2-1-3-13(19(24)25)18(12)11-5-7-16(22)15(21)8-11/h1-9,22-23H,20-21H2,(H,24,25). The molecule has 0 radical (unpaired) electrons. The Bertz CT molecular complexity index is 983. The van der Waals surface area contributed by atoms with Crippen LogP contribution >= 0.6 is 0 Å². The molecule has 3 rings (SSSR count). The molecular formula is C19H16N2O4. The fourth-order valence-corrected chi connectivity index (χ4v) is 2.70. The molecule has 0 saturated heterocycles. The van der Waals surface area contributed by atoms with E-state index < -0.39 is 5.97 Å². The third-order valence-electron chi connectivity index (χ3n) is 3.95. The lowest BCUT2D eigenvalue weighted by atomic mass is 9.90. The van der Waals surface area contributed by atoms with Crippen molar-refractivity contribution in [1.29, 1.82) is 0 Å². The minimum absolute atomic E-state index is 0.0803. The fraction of sp³-hybridized carbons (Fsp3) is 0. The van der Waals surface area contributed by atoms with Gasteiger partial charge in [-0.1, -0.05) is 24.3 Å². The molecule has 0 aliphatic heterocycles. The monoisotopic (exact) mass is 336 g/mol. The number of benzene rings is 3. The molecule has 0 unspecified atom stereocenters. The minimum Gasteiger partial charge on any atom is -0.506 e. The van der Waals surface area contributed by atoms with Crippen LogP contribution in [0.25, 0.3) is 22.3 Å². The van der Waals surface area contributed by atoms with E-state index in [2.05, 4.69) is 0 Å². The Labute approximate surface area is 143 Å². The van der Waals surface area contributed by atoms with E-state index in [4.69, 9.17) is 11.5 Å². The lowest BCUT2D eigenvalue weighted by Crippen LogP contribution is -2.02. The van der Waals surface area contributed by atoms with Gasteiger partial charge in [-0.3, -0.25) is 0 Å². The van der Waals surface area contributed by atoms with Gasteiger partial charge in [-0.25, -0.2) is 4.79 Å². The highest BCUT2D eigenvalue weighted by Gasteiger charge is 2.18. The number of rotatable bonds is 3. The van der Waals surface area contributed by atoms with Gasteiger partial charge in [-0.15, -0.1) is 0 Å². The van der Waals surface area contributed by atoms with Crippen LogP contribution in [0.5, 0.6) is 11.5 Å². The summed E-state index contributed by atoms with van der Waals surface area (Å²) < 4.78 is 0. The molecule has 0 heterocycles. The largest absolute Gasteiger partial charge is 0.506 e. The fourth-order valence-electron chi connectivity index (χ4n) is 2.70. The van der Waals surface area contributed by atoms with Gasteiger partial charge in [0.15, 0.2) is 0 Å². The molecule has 0 saturated carbocycles. The number of hydrogen-bond donors (Lipinski definition) is 5. The number of phenolic OH excluding ortho intramolecular Hbond substituents is 2. The van der Waals surface area contributed by atoms with Crippen molar-refractivity contribution in [2.45, 2.75) is 0 Å². The van der Waals surface area contributed by atoms with E-state index in [9.17, 15) is 20.1 Å². The first-order valence-corrected chi connectivity index (χ1v) is 7.42. The van der Waals surface area contributed by atoms with E-state index in [1.165, 1.54) is 24.3 Å². The van der Waals surface area contributed by atoms with Crippen LogP contribution in [0.4, 0.5) is 11.4 Å². The van der Waals surface area contributed by atoms with Crippen molar-refractivity contribution in [1.82, 2.24) is 0 Å². The van der Waals surface area contributed by atoms with Crippen molar-refractivity contribution in [3.05, 3.63) is 60.2 Å². The molecule has 0 atom stereocenters. The lowest BCUT2D eigenvalue weighted by Gasteiger charge is -2.15. The Balaban J connectivity index is 2.32. The minimum atomic E-state index is -1.09. The van der Waals surface area contributed by atoms with Gasteiger partial charge in [-0.2, -0.15) is 0 Å². The number of carboxylic acids is 1. The zero-order valence-corrected chi connectivity index (χ0v) is 13.1. The average molecular weight is 336 g/mol. The highest BCUT2D eigenvalue weighted by molar-refractivity contribution is 6.02. The number of aromatic carboxylic acids is 1. The van der Waals surface area contributed by atoms with Crippen molar-refractivity contribution in [2.75, 3.05) is 11.5 Å². The maximum Gasteiger partial charge on any atom is 0.336 e. The zero-order valence-electron chi connectivity index (χ0n) is 13.1. The smallest absolute Gasteiger partial charge is 0.336 e. The normalized spacial score (nSPS) is 10.6. The van der Waals surface area contributed by atoms with Gasteiger partial charge < -0.3 is 26.8 Å². The summed E-state index contributed by atoms with van der Waals surface area (Å²) >= 11 is 0. The SMILES string of the molecule is Nc1cc(-c2c(C(=O)O)cccc2-c2ccc(N)c(O)c2)ccc1O. The molecule has 0 aliphatic rings. The van der Waals surface area contributed by atoms with Crippen LogP contribution in [-0.2, 0) is 0 Å². The summed E-state index contributed by atoms with van der Waals surface area (Å²) in [5, 5.41) is 29.1. The van der Waals surface area contributed by atoms with Crippen molar-refractivity contribution in [2.24, 2.45) is 0 Å². The summed E-state index contributed by atoms with van der Waals surface area (Å²) in [6.45, 7) is 0. The van der Waals surface area contributed by atoms with Crippen LogP contribution in [0.15, 0.2) is 54.6 Å². The molecule has 6 heteroatoms. The van der Waals surface area contributed by atoms with Crippen LogP contribution in [-0.4, -0.2) is 21.3 Å². The molecule has 7 N–H and O–H groups in total. The van der Waals surface area contributed by atoms with Crippen molar-refractivity contribution >= 4 is 17.3 Å². The Hall–Kier alpha value is -3.67. The molecule has 0 spiro atoms. The molecule has 0 aliphatic carbocycles. The zero-order chi connectivity index (χ0) is 18.1. The third-order valence-corrected chi connectivity index (χ3v) is 3.95. The van der Waals surface area contributed by atoms with Crippen LogP contribution in [0, 0.1) is 0 Å². The lowest BCUT2D eigenvalue weighted by molar-refractivity contribution is 0.0697. The van der Waals surface area contributed by atoms with E-state index in [1.807, 2.05) is 0 Å². The molecule has 0 amide bonds. The number of carbonyl (C=O) groups is 1. The first-order valence-electron chi connectivity index (χ1n) is 7.42. The number of hydrogen-bond acceptors (Lipinski definition) is 5. The molecule has 0 fully saturated rings. The number of carboxylic acid groups (broad SMARTS) is 1. The number of phenols is 2. The van der Waals surface area contributed by atoms with E-state index >= 15 is 0 Å². The van der Waals surface area contributed by atoms with Crippen LogP contribution in [0.3, 0.4) is 0 Å². The Morgan fingerprint density at radius 2 is 1.52 bits per heavy atom. The van der Waals surface area contributed by atoms with Gasteiger partial charge in [0.1, 0.15) is 11.5 Å². The summed E-state index contributed by atoms with van der Waals surface area (Å²) in [7, 11) is 0. The first-order chi connectivity index (χ1) is 11.9. The quantitative estimate of drug-likeness (QED) is 0.368. The Kier molecular flexibility index (Phi) is 3.94. The highest BCUT2D eigenvalue weighted by Crippen LogP contribution is 2.39. The topological polar surface area (TPSA) is 130 Å². The van der Waals surface area contributed by atoms with Gasteiger partial charge in [0.2, 0.25) is 0 Å². The Morgan fingerprint density at radius 1 is 0.800 bits per heavy atom. The van der Waals surface area contributed by atoms with Crippen LogP contribution < -0.4 is 11.5 Å². The predicted molar refractivity (Wildman–Crippen MR) is 96.4 cm³/mol. The molecule has 126 valence electrons. The first kappa shape index (κ1) is 16.2. The number of anilines is 2. The second-order valence-corrected chi connectivity index (χ2v) is 5.58. The molecular weight excluding hydrogens is 320 g/mol. The molecule has 0 aromatic heterocycles. The molecule has 25 heavy (non-hydrogen) atoms. The predicted octanol–water partition coefficient (Wildman–Crippen LogP) is 3.29. The van der Waals surface area contributed by atoms with Gasteiger partial charge in [0, 0.05) is 5.56 Å². The summed E-state index contributed by atoms with van der Waals surface area (Å²) in [6.07, 6.45) is 0. The summed E-state index contributed by atoms with van der Waals surface area (Å²) in [5.74, 6) is -1.26. The number of nitrogen functional groups attached to an aromatic ring is 2. The van der Waals surface area contributed by atoms with E-state index in [0.717, 1.165) is 0 Å². The molecule has 6 nitrogen and oxygen atoms in total. The van der Waals surface area contributed by atoms with Crippen LogP contribution in [0.1, 0.15) is 10.4 Å². The second-order valence-electron chi connectivity index (χ2n) is 5.58. The molecule has 3 aromatic rings. The van der Waals surface area contributed by atoms with Gasteiger partial charge in [0.05, 0.1) is 16.9 Å². The molecule has 0 bridgehead atoms. The van der Waals surface area contributed by atoms with Crippen molar-refractivity contribution in [3.8, 4) is 33.8 Å². The van der Waals surface area contributed by atoms with Crippen LogP contribution in [0.2, 0.25) is 0 Å². The average Bonchev–Trinajstić information content (AvgIpc) is 2.59. The van der Waals surface area contributed by atoms with Crippen molar-refractivity contribution < 1.29 is 20.1 Å². The van der Waals surface area contributed by atoms with E-state index in [-0.39, 0.29) is 28.4 Å². The van der Waals surface area contributed by atoms with Gasteiger partial charge in [0.25, 0.3) is 0 Å². The second kappa shape index (κ2) is 6.09. The maximum absolute atomic E-state index is 11.7. The Morgan fingerprint density at radius 3 is 2.16 bits per heavy atom. The molecule has 3 aromatic carbocycles. The number of aromatic hydroxyl groups is 2. The summed E-state index contributed by atoms with van der Waals surface area (Å²) in [4.78, 5) is 11.7. The maximum atomic E-state index is 11.7. The number of nitrogens with two attached hydrogens (primary N) is 2. The van der Waals surface area contributed by atoms with Crippen molar-refractivity contribution in [3.63, 3.8) is 0 Å². The third kappa shape index (κ3) is 2.92. The highest BCUT2D eigenvalue weighted by atomic mass is 16.4.